The Morgan fingerprint density at radius 3 is 2.52 bits per heavy atom. The Bertz CT molecular complexity index is 1980. The van der Waals surface area contributed by atoms with Crippen molar-refractivity contribution in [3.05, 3.63) is 131 Å². The highest BCUT2D eigenvalue weighted by Gasteiger charge is 2.18. The van der Waals surface area contributed by atoms with E-state index in [0.29, 0.717) is 22.6 Å². The molecule has 0 saturated carbocycles. The van der Waals surface area contributed by atoms with Crippen LogP contribution >= 0.6 is 0 Å². The predicted molar refractivity (Wildman–Crippen MR) is 173 cm³/mol. The summed E-state index contributed by atoms with van der Waals surface area (Å²) in [5.41, 5.74) is 9.81. The van der Waals surface area contributed by atoms with Crippen molar-refractivity contribution in [1.82, 2.24) is 30.1 Å². The molecule has 2 aromatic heterocycles. The van der Waals surface area contributed by atoms with E-state index in [-0.39, 0.29) is 5.91 Å². The average Bonchev–Trinajstić information content (AvgIpc) is 3.55. The van der Waals surface area contributed by atoms with E-state index in [9.17, 15) is 4.79 Å². The first kappa shape index (κ1) is 27.6. The van der Waals surface area contributed by atoms with E-state index in [1.54, 1.807) is 6.20 Å². The first-order valence-corrected chi connectivity index (χ1v) is 15.0. The van der Waals surface area contributed by atoms with Gasteiger partial charge in [-0.2, -0.15) is 0 Å². The van der Waals surface area contributed by atoms with E-state index in [2.05, 4.69) is 61.9 Å². The molecule has 4 aromatic carbocycles. The monoisotopic (exact) mass is 579 g/mol. The second-order valence-corrected chi connectivity index (χ2v) is 11.5. The van der Waals surface area contributed by atoms with E-state index >= 15 is 0 Å². The van der Waals surface area contributed by atoms with Crippen LogP contribution in [0.2, 0.25) is 0 Å². The van der Waals surface area contributed by atoms with Crippen LogP contribution in [0.4, 0.5) is 5.69 Å². The molecule has 1 aliphatic rings. The van der Waals surface area contributed by atoms with Crippen molar-refractivity contribution in [3.8, 4) is 17.1 Å². The van der Waals surface area contributed by atoms with Crippen molar-refractivity contribution < 1.29 is 4.79 Å². The van der Waals surface area contributed by atoms with Crippen molar-refractivity contribution in [2.24, 2.45) is 0 Å². The molecule has 0 bridgehead atoms. The lowest BCUT2D eigenvalue weighted by Crippen LogP contribution is -2.32. The Kier molecular flexibility index (Phi) is 7.42. The summed E-state index contributed by atoms with van der Waals surface area (Å²) >= 11 is 0. The number of nitrogens with one attached hydrogen (secondary N) is 1. The number of hydrogen-bond donors (Lipinski definition) is 1. The Morgan fingerprint density at radius 1 is 0.886 bits per heavy atom. The third kappa shape index (κ3) is 5.72. The highest BCUT2D eigenvalue weighted by Crippen LogP contribution is 2.29. The fraction of sp³-hybridized carbons (Fsp3) is 0.194. The van der Waals surface area contributed by atoms with Crippen LogP contribution in [0.3, 0.4) is 0 Å². The van der Waals surface area contributed by atoms with Gasteiger partial charge < -0.3 is 5.32 Å². The molecule has 1 N–H and O–H groups in total. The molecule has 6 aromatic rings. The Morgan fingerprint density at radius 2 is 1.66 bits per heavy atom. The van der Waals surface area contributed by atoms with E-state index in [4.69, 9.17) is 5.10 Å². The summed E-state index contributed by atoms with van der Waals surface area (Å²) in [6.07, 6.45) is 3.70. The number of rotatable bonds is 7. The number of benzene rings is 4. The molecule has 3 heterocycles. The van der Waals surface area contributed by atoms with E-state index in [0.717, 1.165) is 60.2 Å². The number of carbonyl (C=O) groups excluding carboxylic acids is 1. The zero-order chi connectivity index (χ0) is 30.0. The molecule has 0 atom stereocenters. The minimum absolute atomic E-state index is 0.246. The number of aryl methyl sites for hydroxylation is 2. The van der Waals surface area contributed by atoms with Crippen LogP contribution in [-0.4, -0.2) is 49.1 Å². The molecule has 0 aliphatic carbocycles. The number of para-hydroxylation sites is 1. The zero-order valence-electron chi connectivity index (χ0n) is 24.9. The summed E-state index contributed by atoms with van der Waals surface area (Å²) in [5.74, 6) is 0.194. The van der Waals surface area contributed by atoms with Crippen molar-refractivity contribution in [2.75, 3.05) is 18.4 Å². The predicted octanol–water partition coefficient (Wildman–Crippen LogP) is 6.35. The second kappa shape index (κ2) is 11.8. The molecule has 0 unspecified atom stereocenters. The van der Waals surface area contributed by atoms with Gasteiger partial charge in [0, 0.05) is 36.8 Å². The SMILES string of the molecule is Cc1cc(NC(=O)c2cnc3ccccc3c2)c(-c2nnn(-c3ccc(CCN4CCc5ccccc5C4)cc3)n2)cc1C. The second-order valence-electron chi connectivity index (χ2n) is 11.5. The Balaban J connectivity index is 1.06. The molecule has 8 nitrogen and oxygen atoms in total. The fourth-order valence-corrected chi connectivity index (χ4v) is 5.75. The number of tetrazole rings is 1. The molecule has 44 heavy (non-hydrogen) atoms. The lowest BCUT2D eigenvalue weighted by molar-refractivity contribution is 0.102. The largest absolute Gasteiger partial charge is 0.321 e. The van der Waals surface area contributed by atoms with Gasteiger partial charge in [-0.3, -0.25) is 14.7 Å². The fourth-order valence-electron chi connectivity index (χ4n) is 5.75. The zero-order valence-corrected chi connectivity index (χ0v) is 24.9. The summed E-state index contributed by atoms with van der Waals surface area (Å²) in [4.78, 5) is 21.8. The molecule has 1 amide bonds. The standard InChI is InChI=1S/C36H33N7O/c1-24-19-32(34(20-25(24)2)38-36(44)30-21-28-8-5-6-10-33(28)37-22-30)35-39-41-43(40-35)31-13-11-26(12-14-31)15-17-42-18-16-27-7-3-4-9-29(27)23-42/h3-14,19-22H,15-18,23H2,1-2H3,(H,38,44). The molecule has 218 valence electrons. The van der Waals surface area contributed by atoms with E-state index in [1.165, 1.54) is 21.5 Å². The van der Waals surface area contributed by atoms with Crippen molar-refractivity contribution >= 4 is 22.5 Å². The van der Waals surface area contributed by atoms with Gasteiger partial charge in [-0.1, -0.05) is 54.6 Å². The Labute approximate surface area is 256 Å². The van der Waals surface area contributed by atoms with Crippen molar-refractivity contribution in [2.45, 2.75) is 33.2 Å². The molecule has 8 heteroatoms. The van der Waals surface area contributed by atoms with E-state index < -0.39 is 0 Å². The summed E-state index contributed by atoms with van der Waals surface area (Å²) < 4.78 is 0. The van der Waals surface area contributed by atoms with Crippen molar-refractivity contribution in [1.29, 1.82) is 0 Å². The maximum atomic E-state index is 13.3. The first-order chi connectivity index (χ1) is 21.5. The van der Waals surface area contributed by atoms with Crippen LogP contribution in [0, 0.1) is 13.8 Å². The quantitative estimate of drug-likeness (QED) is 0.237. The van der Waals surface area contributed by atoms with Gasteiger partial charge in [0.05, 0.1) is 22.5 Å². The van der Waals surface area contributed by atoms with Gasteiger partial charge in [0.15, 0.2) is 0 Å². The number of hydrogen-bond acceptors (Lipinski definition) is 6. The molecule has 0 spiro atoms. The van der Waals surface area contributed by atoms with Crippen LogP contribution in [0.25, 0.3) is 28.0 Å². The molecule has 0 fully saturated rings. The summed E-state index contributed by atoms with van der Waals surface area (Å²) in [6, 6.07) is 30.6. The van der Waals surface area contributed by atoms with E-state index in [1.807, 2.05) is 68.4 Å². The third-order valence-electron chi connectivity index (χ3n) is 8.48. The van der Waals surface area contributed by atoms with Gasteiger partial charge in [-0.05, 0) is 96.1 Å². The molecule has 0 saturated heterocycles. The van der Waals surface area contributed by atoms with Crippen LogP contribution in [0.15, 0.2) is 97.2 Å². The number of amides is 1. The highest BCUT2D eigenvalue weighted by molar-refractivity contribution is 6.07. The molecular weight excluding hydrogens is 546 g/mol. The number of pyridine rings is 1. The van der Waals surface area contributed by atoms with Crippen LogP contribution in [0.5, 0.6) is 0 Å². The van der Waals surface area contributed by atoms with Gasteiger partial charge in [-0.25, -0.2) is 0 Å². The minimum Gasteiger partial charge on any atom is -0.321 e. The van der Waals surface area contributed by atoms with Crippen LogP contribution < -0.4 is 5.32 Å². The minimum atomic E-state index is -0.246. The van der Waals surface area contributed by atoms with Gasteiger partial charge in [-0.15, -0.1) is 15.0 Å². The lowest BCUT2D eigenvalue weighted by atomic mass is 9.99. The maximum Gasteiger partial charge on any atom is 0.257 e. The number of carbonyl (C=O) groups is 1. The van der Waals surface area contributed by atoms with Crippen LogP contribution in [-0.2, 0) is 19.4 Å². The molecule has 0 radical (unpaired) electrons. The summed E-state index contributed by atoms with van der Waals surface area (Å²) in [6.45, 7) is 7.18. The highest BCUT2D eigenvalue weighted by atomic mass is 16.1. The number of fused-ring (bicyclic) bond motifs is 2. The average molecular weight is 580 g/mol. The van der Waals surface area contributed by atoms with Gasteiger partial charge in [0.25, 0.3) is 5.91 Å². The summed E-state index contributed by atoms with van der Waals surface area (Å²) in [5, 5.41) is 17.4. The topological polar surface area (TPSA) is 88.8 Å². The molecule has 7 rings (SSSR count). The Hall–Kier alpha value is -5.21. The van der Waals surface area contributed by atoms with Gasteiger partial charge in [0.2, 0.25) is 5.82 Å². The normalized spacial score (nSPS) is 13.1. The van der Waals surface area contributed by atoms with Gasteiger partial charge >= 0.3 is 0 Å². The van der Waals surface area contributed by atoms with Crippen LogP contribution in [0.1, 0.15) is 38.2 Å². The first-order valence-electron chi connectivity index (χ1n) is 15.0. The molecule has 1 aliphatic heterocycles. The van der Waals surface area contributed by atoms with Crippen molar-refractivity contribution in [3.63, 3.8) is 0 Å². The maximum absolute atomic E-state index is 13.3. The summed E-state index contributed by atoms with van der Waals surface area (Å²) in [7, 11) is 0. The van der Waals surface area contributed by atoms with Gasteiger partial charge in [0.1, 0.15) is 0 Å². The molecular formula is C36H33N7O. The third-order valence-corrected chi connectivity index (χ3v) is 8.48. The number of nitrogens with zero attached hydrogens (tertiary/aromatic N) is 6. The smallest absolute Gasteiger partial charge is 0.257 e. The number of anilines is 1. The lowest BCUT2D eigenvalue weighted by Gasteiger charge is -2.28. The number of aromatic nitrogens is 5.